The molecule has 0 radical (unpaired) electrons. The number of carbonyl (C=O) groups excluding carboxylic acids is 1. The highest BCUT2D eigenvalue weighted by molar-refractivity contribution is 5.92. The van der Waals surface area contributed by atoms with Gasteiger partial charge >= 0.3 is 0 Å². The summed E-state index contributed by atoms with van der Waals surface area (Å²) in [7, 11) is 0. The molecule has 1 amide bonds. The fraction of sp³-hybridized carbons (Fsp3) is 0. The van der Waals surface area contributed by atoms with Gasteiger partial charge in [0.25, 0.3) is 0 Å². The summed E-state index contributed by atoms with van der Waals surface area (Å²) in [6.07, 6.45) is 0. The Kier molecular flexibility index (Phi) is 4.46. The third-order valence-electron chi connectivity index (χ3n) is 2.78. The molecule has 1 aromatic heterocycles. The van der Waals surface area contributed by atoms with Crippen molar-refractivity contribution in [2.45, 2.75) is 0 Å². The number of primary amides is 1. The molecule has 0 spiro atoms. The van der Waals surface area contributed by atoms with Gasteiger partial charge < -0.3 is 11.5 Å². The van der Waals surface area contributed by atoms with Crippen molar-refractivity contribution < 1.29 is 9.18 Å². The second-order valence-electron chi connectivity index (χ2n) is 4.28. The predicted octanol–water partition coefficient (Wildman–Crippen LogP) is 2.74. The third-order valence-corrected chi connectivity index (χ3v) is 2.78. The molecule has 0 aliphatic heterocycles. The molecule has 3 aromatic rings. The van der Waals surface area contributed by atoms with E-state index in [9.17, 15) is 9.18 Å². The van der Waals surface area contributed by atoms with Crippen molar-refractivity contribution in [3.8, 4) is 0 Å². The van der Waals surface area contributed by atoms with Crippen LogP contribution in [0.2, 0.25) is 0 Å². The third kappa shape index (κ3) is 3.76. The van der Waals surface area contributed by atoms with E-state index in [1.54, 1.807) is 36.4 Å². The van der Waals surface area contributed by atoms with E-state index in [-0.39, 0.29) is 5.91 Å². The molecular formula is C16H14FN3O. The average molecular weight is 283 g/mol. The van der Waals surface area contributed by atoms with Gasteiger partial charge in [-0.15, -0.1) is 0 Å². The van der Waals surface area contributed by atoms with Crippen LogP contribution in [0.1, 0.15) is 10.4 Å². The molecule has 4 nitrogen and oxygen atoms in total. The van der Waals surface area contributed by atoms with Crippen LogP contribution in [0, 0.1) is 5.95 Å². The van der Waals surface area contributed by atoms with Gasteiger partial charge in [-0.3, -0.25) is 4.79 Å². The average Bonchev–Trinajstić information content (AvgIpc) is 2.50. The summed E-state index contributed by atoms with van der Waals surface area (Å²) in [4.78, 5) is 14.1. The lowest BCUT2D eigenvalue weighted by molar-refractivity contribution is 0.100. The molecule has 0 aliphatic rings. The largest absolute Gasteiger partial charge is 0.397 e. The van der Waals surface area contributed by atoms with Crippen LogP contribution in [0.3, 0.4) is 0 Å². The number of hydrogen-bond acceptors (Lipinski definition) is 3. The molecule has 2 aromatic carbocycles. The van der Waals surface area contributed by atoms with Crippen LogP contribution in [-0.2, 0) is 0 Å². The zero-order valence-electron chi connectivity index (χ0n) is 11.2. The van der Waals surface area contributed by atoms with E-state index < -0.39 is 5.95 Å². The Balaban J connectivity index is 0.000000161. The van der Waals surface area contributed by atoms with Crippen LogP contribution in [-0.4, -0.2) is 10.9 Å². The van der Waals surface area contributed by atoms with Crippen molar-refractivity contribution in [3.05, 3.63) is 72.2 Å². The van der Waals surface area contributed by atoms with E-state index >= 15 is 0 Å². The molecule has 21 heavy (non-hydrogen) atoms. The summed E-state index contributed by atoms with van der Waals surface area (Å²) in [5.74, 6) is -0.879. The number of aromatic nitrogens is 1. The quantitative estimate of drug-likeness (QED) is 0.532. The van der Waals surface area contributed by atoms with Gasteiger partial charge in [0.15, 0.2) is 0 Å². The maximum atomic E-state index is 12.6. The Morgan fingerprint density at radius 2 is 1.67 bits per heavy atom. The normalized spacial score (nSPS) is 9.76. The fourth-order valence-corrected chi connectivity index (χ4v) is 1.75. The number of para-hydroxylation sites is 1. The number of amides is 1. The zero-order chi connectivity index (χ0) is 15.2. The standard InChI is InChI=1S/C9H7FN2.C7H7NO/c10-8-5-4-6-2-1-3-7(11)9(6)12-8;8-7(9)6-4-2-1-3-5-6/h1-5H,11H2;1-5H,(H2,8,9). The molecule has 0 bridgehead atoms. The monoisotopic (exact) mass is 283 g/mol. The Labute approximate surface area is 121 Å². The van der Waals surface area contributed by atoms with Crippen LogP contribution >= 0.6 is 0 Å². The van der Waals surface area contributed by atoms with Crippen molar-refractivity contribution in [2.75, 3.05) is 5.73 Å². The lowest BCUT2D eigenvalue weighted by Crippen LogP contribution is -2.09. The number of nitrogens with two attached hydrogens (primary N) is 2. The number of nitrogens with zero attached hydrogens (tertiary/aromatic N) is 1. The van der Waals surface area contributed by atoms with E-state index in [2.05, 4.69) is 4.98 Å². The molecule has 0 saturated heterocycles. The van der Waals surface area contributed by atoms with Gasteiger partial charge in [-0.1, -0.05) is 30.3 Å². The van der Waals surface area contributed by atoms with E-state index in [1.165, 1.54) is 6.07 Å². The molecule has 5 heteroatoms. The van der Waals surface area contributed by atoms with Crippen LogP contribution in [0.4, 0.5) is 10.1 Å². The Bertz CT molecular complexity index is 760. The van der Waals surface area contributed by atoms with Crippen LogP contribution in [0.25, 0.3) is 10.9 Å². The predicted molar refractivity (Wildman–Crippen MR) is 81.1 cm³/mol. The van der Waals surface area contributed by atoms with E-state index in [4.69, 9.17) is 11.5 Å². The number of benzene rings is 2. The van der Waals surface area contributed by atoms with Gasteiger partial charge in [-0.2, -0.15) is 4.39 Å². The molecule has 3 rings (SSSR count). The maximum Gasteiger partial charge on any atom is 0.248 e. The van der Waals surface area contributed by atoms with Gasteiger partial charge in [0.05, 0.1) is 11.2 Å². The second-order valence-corrected chi connectivity index (χ2v) is 4.28. The topological polar surface area (TPSA) is 82.0 Å². The number of pyridine rings is 1. The molecule has 1 heterocycles. The molecule has 4 N–H and O–H groups in total. The molecule has 0 fully saturated rings. The van der Waals surface area contributed by atoms with E-state index in [0.717, 1.165) is 5.39 Å². The summed E-state index contributed by atoms with van der Waals surface area (Å²) in [5, 5.41) is 0.858. The van der Waals surface area contributed by atoms with Crippen LogP contribution < -0.4 is 11.5 Å². The number of fused-ring (bicyclic) bond motifs is 1. The number of carbonyl (C=O) groups is 1. The highest BCUT2D eigenvalue weighted by Crippen LogP contribution is 2.17. The Hall–Kier alpha value is -2.95. The SMILES string of the molecule is NC(=O)c1ccccc1.Nc1cccc2ccc(F)nc12. The van der Waals surface area contributed by atoms with Gasteiger partial charge in [0.2, 0.25) is 11.9 Å². The van der Waals surface area contributed by atoms with Crippen molar-refractivity contribution in [3.63, 3.8) is 0 Å². The van der Waals surface area contributed by atoms with Crippen molar-refractivity contribution in [1.82, 2.24) is 4.98 Å². The van der Waals surface area contributed by atoms with Gasteiger partial charge in [-0.25, -0.2) is 4.98 Å². The molecule has 106 valence electrons. The summed E-state index contributed by atoms with van der Waals surface area (Å²) in [5.41, 5.74) is 12.2. The summed E-state index contributed by atoms with van der Waals surface area (Å²) in [6.45, 7) is 0. The fourth-order valence-electron chi connectivity index (χ4n) is 1.75. The first kappa shape index (κ1) is 14.5. The van der Waals surface area contributed by atoms with Crippen molar-refractivity contribution >= 4 is 22.5 Å². The highest BCUT2D eigenvalue weighted by Gasteiger charge is 1.99. The smallest absolute Gasteiger partial charge is 0.248 e. The van der Waals surface area contributed by atoms with E-state index in [0.29, 0.717) is 16.8 Å². The van der Waals surface area contributed by atoms with Gasteiger partial charge in [-0.05, 0) is 30.3 Å². The molecule has 0 atom stereocenters. The lowest BCUT2D eigenvalue weighted by Gasteiger charge is -1.99. The maximum absolute atomic E-state index is 12.6. The Morgan fingerprint density at radius 3 is 2.29 bits per heavy atom. The molecule has 0 saturated carbocycles. The van der Waals surface area contributed by atoms with Crippen LogP contribution in [0.5, 0.6) is 0 Å². The summed E-state index contributed by atoms with van der Waals surface area (Å²) in [6, 6.07) is 17.1. The minimum atomic E-state index is -0.500. The van der Waals surface area contributed by atoms with Crippen molar-refractivity contribution in [2.24, 2.45) is 5.73 Å². The summed E-state index contributed by atoms with van der Waals surface area (Å²) < 4.78 is 12.6. The first-order valence-electron chi connectivity index (χ1n) is 6.23. The van der Waals surface area contributed by atoms with Gasteiger partial charge in [0, 0.05) is 10.9 Å². The molecule has 0 aliphatic carbocycles. The zero-order valence-corrected chi connectivity index (χ0v) is 11.2. The summed E-state index contributed by atoms with van der Waals surface area (Å²) >= 11 is 0. The minimum Gasteiger partial charge on any atom is -0.397 e. The number of halogens is 1. The molecular weight excluding hydrogens is 269 g/mol. The first-order chi connectivity index (χ1) is 10.1. The first-order valence-corrected chi connectivity index (χ1v) is 6.23. The van der Waals surface area contributed by atoms with Crippen LogP contribution in [0.15, 0.2) is 60.7 Å². The lowest BCUT2D eigenvalue weighted by atomic mass is 10.2. The second kappa shape index (κ2) is 6.47. The highest BCUT2D eigenvalue weighted by atomic mass is 19.1. The van der Waals surface area contributed by atoms with E-state index in [1.807, 2.05) is 18.2 Å². The number of nitrogen functional groups attached to an aromatic ring is 1. The van der Waals surface area contributed by atoms with Gasteiger partial charge in [0.1, 0.15) is 0 Å². The van der Waals surface area contributed by atoms with Crippen molar-refractivity contribution in [1.29, 1.82) is 0 Å². The number of rotatable bonds is 1. The molecule has 0 unspecified atom stereocenters. The Morgan fingerprint density at radius 1 is 0.952 bits per heavy atom. The number of anilines is 1. The minimum absolute atomic E-state index is 0.379. The number of hydrogen-bond donors (Lipinski definition) is 2.